The third-order valence-electron chi connectivity index (χ3n) is 2.36. The second-order valence-electron chi connectivity index (χ2n) is 4.00. The fourth-order valence-corrected chi connectivity index (χ4v) is 3.22. The van der Waals surface area contributed by atoms with Gasteiger partial charge in [-0.3, -0.25) is 4.79 Å². The van der Waals surface area contributed by atoms with E-state index in [9.17, 15) is 4.79 Å². The Morgan fingerprint density at radius 1 is 1.21 bits per heavy atom. The molecule has 0 aliphatic carbocycles. The van der Waals surface area contributed by atoms with Crippen LogP contribution in [0.15, 0.2) is 52.3 Å². The molecule has 2 aromatic rings. The molecule has 0 atom stereocenters. The van der Waals surface area contributed by atoms with Crippen molar-refractivity contribution < 1.29 is 4.79 Å². The molecular formula is C14H13IN2OS. The third-order valence-corrected chi connectivity index (χ3v) is 4.70. The molecule has 0 aliphatic rings. The lowest BCUT2D eigenvalue weighted by molar-refractivity contribution is -0.114. The minimum absolute atomic E-state index is 0.0616. The van der Waals surface area contributed by atoms with E-state index in [1.165, 1.54) is 11.8 Å². The number of anilines is 2. The van der Waals surface area contributed by atoms with Crippen LogP contribution in [-0.2, 0) is 4.79 Å². The highest BCUT2D eigenvalue weighted by Gasteiger charge is 2.03. The summed E-state index contributed by atoms with van der Waals surface area (Å²) in [6.45, 7) is 1.50. The van der Waals surface area contributed by atoms with Gasteiger partial charge in [-0.1, -0.05) is 11.8 Å². The number of rotatable bonds is 3. The molecule has 0 aromatic heterocycles. The highest BCUT2D eigenvalue weighted by Crippen LogP contribution is 2.32. The van der Waals surface area contributed by atoms with E-state index in [2.05, 4.69) is 27.9 Å². The standard InChI is InChI=1S/C14H13IN2OS/c1-9(18)17-11-3-5-12(6-4-11)19-14-7-2-10(16)8-13(14)15/h2-8H,16H2,1H3,(H,17,18). The first-order chi connectivity index (χ1) is 9.04. The van der Waals surface area contributed by atoms with E-state index in [1.807, 2.05) is 42.5 Å². The van der Waals surface area contributed by atoms with Gasteiger partial charge in [0.1, 0.15) is 0 Å². The molecule has 98 valence electrons. The van der Waals surface area contributed by atoms with Gasteiger partial charge in [-0.15, -0.1) is 0 Å². The Kier molecular flexibility index (Phi) is 4.71. The summed E-state index contributed by atoms with van der Waals surface area (Å²) in [7, 11) is 0. The van der Waals surface area contributed by atoms with Crippen LogP contribution in [0.1, 0.15) is 6.92 Å². The molecule has 0 aliphatic heterocycles. The van der Waals surface area contributed by atoms with Crippen molar-refractivity contribution in [1.29, 1.82) is 0 Å². The summed E-state index contributed by atoms with van der Waals surface area (Å²) in [6.07, 6.45) is 0. The SMILES string of the molecule is CC(=O)Nc1ccc(Sc2ccc(N)cc2I)cc1. The maximum Gasteiger partial charge on any atom is 0.221 e. The van der Waals surface area contributed by atoms with Gasteiger partial charge in [-0.05, 0) is 65.1 Å². The highest BCUT2D eigenvalue weighted by molar-refractivity contribution is 14.1. The summed E-state index contributed by atoms with van der Waals surface area (Å²) in [6, 6.07) is 13.6. The average molecular weight is 384 g/mol. The van der Waals surface area contributed by atoms with E-state index in [0.717, 1.165) is 19.8 Å². The van der Waals surface area contributed by atoms with Crippen LogP contribution in [0.25, 0.3) is 0 Å². The van der Waals surface area contributed by atoms with Crippen LogP contribution < -0.4 is 11.1 Å². The molecule has 2 aromatic carbocycles. The van der Waals surface area contributed by atoms with Crippen LogP contribution in [-0.4, -0.2) is 5.91 Å². The topological polar surface area (TPSA) is 55.1 Å². The summed E-state index contributed by atoms with van der Waals surface area (Å²) >= 11 is 3.95. The first-order valence-electron chi connectivity index (χ1n) is 5.65. The van der Waals surface area contributed by atoms with Crippen molar-refractivity contribution in [2.24, 2.45) is 0 Å². The van der Waals surface area contributed by atoms with Gasteiger partial charge in [0.2, 0.25) is 5.91 Å². The Morgan fingerprint density at radius 2 is 1.89 bits per heavy atom. The lowest BCUT2D eigenvalue weighted by atomic mass is 10.3. The maximum absolute atomic E-state index is 10.9. The van der Waals surface area contributed by atoms with Crippen molar-refractivity contribution >= 4 is 51.6 Å². The molecule has 19 heavy (non-hydrogen) atoms. The molecule has 0 unspecified atom stereocenters. The van der Waals surface area contributed by atoms with Crippen LogP contribution in [0.5, 0.6) is 0 Å². The summed E-state index contributed by atoms with van der Waals surface area (Å²) in [5.41, 5.74) is 7.31. The van der Waals surface area contributed by atoms with Crippen LogP contribution in [0, 0.1) is 3.57 Å². The summed E-state index contributed by atoms with van der Waals surface area (Å²) in [5, 5.41) is 2.75. The van der Waals surface area contributed by atoms with Gasteiger partial charge in [0, 0.05) is 31.7 Å². The third kappa shape index (κ3) is 4.14. The number of benzene rings is 2. The predicted molar refractivity (Wildman–Crippen MR) is 88.4 cm³/mol. The van der Waals surface area contributed by atoms with Gasteiger partial charge >= 0.3 is 0 Å². The Hall–Kier alpha value is -1.21. The molecule has 2 rings (SSSR count). The van der Waals surface area contributed by atoms with E-state index in [-0.39, 0.29) is 5.91 Å². The minimum Gasteiger partial charge on any atom is -0.399 e. The molecule has 3 N–H and O–H groups in total. The van der Waals surface area contributed by atoms with Gasteiger partial charge in [0.15, 0.2) is 0 Å². The van der Waals surface area contributed by atoms with Crippen molar-refractivity contribution in [2.45, 2.75) is 16.7 Å². The Balaban J connectivity index is 2.13. The predicted octanol–water partition coefficient (Wildman–Crippen LogP) is 3.98. The zero-order valence-electron chi connectivity index (χ0n) is 10.3. The van der Waals surface area contributed by atoms with Crippen molar-refractivity contribution in [3.05, 3.63) is 46.0 Å². The Bertz CT molecular complexity index is 599. The average Bonchev–Trinajstić information content (AvgIpc) is 2.34. The first kappa shape index (κ1) is 14.2. The van der Waals surface area contributed by atoms with E-state index in [4.69, 9.17) is 5.73 Å². The normalized spacial score (nSPS) is 10.2. The quantitative estimate of drug-likeness (QED) is 0.622. The van der Waals surface area contributed by atoms with Gasteiger partial charge in [-0.2, -0.15) is 0 Å². The van der Waals surface area contributed by atoms with Crippen LogP contribution in [0.3, 0.4) is 0 Å². The molecule has 0 radical (unpaired) electrons. The zero-order valence-corrected chi connectivity index (χ0v) is 13.3. The Morgan fingerprint density at radius 3 is 2.47 bits per heavy atom. The molecule has 0 bridgehead atoms. The molecule has 5 heteroatoms. The van der Waals surface area contributed by atoms with Gasteiger partial charge in [0.05, 0.1) is 0 Å². The monoisotopic (exact) mass is 384 g/mol. The van der Waals surface area contributed by atoms with Gasteiger partial charge in [0.25, 0.3) is 0 Å². The van der Waals surface area contributed by atoms with Crippen molar-refractivity contribution in [3.8, 4) is 0 Å². The van der Waals surface area contributed by atoms with Crippen LogP contribution in [0.4, 0.5) is 11.4 Å². The lowest BCUT2D eigenvalue weighted by Gasteiger charge is -2.07. The number of hydrogen-bond donors (Lipinski definition) is 2. The second-order valence-corrected chi connectivity index (χ2v) is 6.28. The first-order valence-corrected chi connectivity index (χ1v) is 7.54. The Labute approximate surface area is 130 Å². The number of amides is 1. The van der Waals surface area contributed by atoms with Crippen molar-refractivity contribution in [1.82, 2.24) is 0 Å². The maximum atomic E-state index is 10.9. The highest BCUT2D eigenvalue weighted by atomic mass is 127. The minimum atomic E-state index is -0.0616. The fraction of sp³-hybridized carbons (Fsp3) is 0.0714. The number of nitrogens with two attached hydrogens (primary N) is 1. The van der Waals surface area contributed by atoms with Crippen molar-refractivity contribution in [2.75, 3.05) is 11.1 Å². The molecule has 0 heterocycles. The zero-order chi connectivity index (χ0) is 13.8. The van der Waals surface area contributed by atoms with E-state index < -0.39 is 0 Å². The number of nitrogen functional groups attached to an aromatic ring is 1. The molecular weight excluding hydrogens is 371 g/mol. The van der Waals surface area contributed by atoms with Gasteiger partial charge in [-0.25, -0.2) is 0 Å². The molecule has 0 fully saturated rings. The molecule has 1 amide bonds. The number of hydrogen-bond acceptors (Lipinski definition) is 3. The van der Waals surface area contributed by atoms with Crippen LogP contribution >= 0.6 is 34.4 Å². The van der Waals surface area contributed by atoms with E-state index >= 15 is 0 Å². The molecule has 0 saturated carbocycles. The lowest BCUT2D eigenvalue weighted by Crippen LogP contribution is -2.05. The van der Waals surface area contributed by atoms with E-state index in [1.54, 1.807) is 11.8 Å². The largest absolute Gasteiger partial charge is 0.399 e. The van der Waals surface area contributed by atoms with Crippen LogP contribution in [0.2, 0.25) is 0 Å². The molecule has 3 nitrogen and oxygen atoms in total. The number of halogens is 1. The second kappa shape index (κ2) is 6.29. The summed E-state index contributed by atoms with van der Waals surface area (Å²) in [5.74, 6) is -0.0616. The number of carbonyl (C=O) groups excluding carboxylic acids is 1. The molecule has 0 spiro atoms. The number of nitrogens with one attached hydrogen (secondary N) is 1. The fourth-order valence-electron chi connectivity index (χ4n) is 1.54. The van der Waals surface area contributed by atoms with Crippen molar-refractivity contribution in [3.63, 3.8) is 0 Å². The summed E-state index contributed by atoms with van der Waals surface area (Å²) in [4.78, 5) is 13.2. The summed E-state index contributed by atoms with van der Waals surface area (Å²) < 4.78 is 1.13. The molecule has 0 saturated heterocycles. The van der Waals surface area contributed by atoms with E-state index in [0.29, 0.717) is 0 Å². The number of carbonyl (C=O) groups is 1. The van der Waals surface area contributed by atoms with Gasteiger partial charge < -0.3 is 11.1 Å². The smallest absolute Gasteiger partial charge is 0.221 e.